The van der Waals surface area contributed by atoms with E-state index in [2.05, 4.69) is 15.0 Å². The van der Waals surface area contributed by atoms with Crippen LogP contribution < -0.4 is 15.0 Å². The molecule has 14 heteroatoms. The van der Waals surface area contributed by atoms with Crippen molar-refractivity contribution < 1.29 is 28.3 Å². The third-order valence-corrected chi connectivity index (χ3v) is 8.37. The van der Waals surface area contributed by atoms with Crippen molar-refractivity contribution >= 4 is 42.4 Å². The van der Waals surface area contributed by atoms with E-state index in [1.165, 1.54) is 21.1 Å². The summed E-state index contributed by atoms with van der Waals surface area (Å²) in [5.41, 5.74) is 6.88. The van der Waals surface area contributed by atoms with Gasteiger partial charge in [0.2, 0.25) is 11.8 Å². The Hall–Kier alpha value is -2.92. The topological polar surface area (TPSA) is 155 Å². The minimum absolute atomic E-state index is 0.0511. The summed E-state index contributed by atoms with van der Waals surface area (Å²) in [4.78, 5) is 24.2. The quantitative estimate of drug-likeness (QED) is 0.373. The number of halogens is 1. The van der Waals surface area contributed by atoms with Gasteiger partial charge in [-0.25, -0.2) is 9.55 Å². The molecule has 2 aromatic heterocycles. The Labute approximate surface area is 206 Å². The van der Waals surface area contributed by atoms with E-state index in [-0.39, 0.29) is 35.3 Å². The predicted molar refractivity (Wildman–Crippen MR) is 129 cm³/mol. The number of methoxy groups -OCH3 is 1. The van der Waals surface area contributed by atoms with Crippen molar-refractivity contribution in [1.82, 2.24) is 24.2 Å². The van der Waals surface area contributed by atoms with Gasteiger partial charge >= 0.3 is 13.7 Å². The summed E-state index contributed by atoms with van der Waals surface area (Å²) < 4.78 is 33.4. The molecular weight excluding hydrogens is 499 g/mol. The second-order valence-electron chi connectivity index (χ2n) is 8.28. The molecule has 0 bridgehead atoms. The van der Waals surface area contributed by atoms with Crippen molar-refractivity contribution in [3.8, 4) is 11.6 Å². The monoisotopic (exact) mass is 524 g/mol. The van der Waals surface area contributed by atoms with Gasteiger partial charge < -0.3 is 24.7 Å². The number of para-hydroxylation sites is 1. The smallest absolute Gasteiger partial charge is 0.461 e. The van der Waals surface area contributed by atoms with Gasteiger partial charge in [0.05, 0.1) is 25.1 Å². The lowest BCUT2D eigenvalue weighted by Gasteiger charge is -2.37. The van der Waals surface area contributed by atoms with Crippen LogP contribution in [0.4, 0.5) is 5.95 Å². The zero-order valence-corrected chi connectivity index (χ0v) is 21.0. The molecule has 1 saturated carbocycles. The van der Waals surface area contributed by atoms with E-state index in [9.17, 15) is 14.5 Å². The molecule has 188 valence electrons. The van der Waals surface area contributed by atoms with Gasteiger partial charge in [-0.15, -0.1) is 0 Å². The SMILES string of the molecule is COc1nc(N)nc2c1ncn2C1CC(COP(=O)(Oc2ccccc2Cl)N(C)C(C)C(=O)O)C1. The first kappa shape index (κ1) is 25.2. The Morgan fingerprint density at radius 2 is 2.09 bits per heavy atom. The first-order chi connectivity index (χ1) is 16.6. The maximum Gasteiger partial charge on any atom is 0.461 e. The number of benzene rings is 1. The van der Waals surface area contributed by atoms with Gasteiger partial charge in [0.25, 0.3) is 0 Å². The number of ether oxygens (including phenoxy) is 1. The van der Waals surface area contributed by atoms with Crippen molar-refractivity contribution in [2.24, 2.45) is 5.92 Å². The van der Waals surface area contributed by atoms with Gasteiger partial charge in [0, 0.05) is 6.04 Å². The number of likely N-dealkylation sites (N-methyl/N-ethyl adjacent to an activating group) is 1. The number of carboxylic acid groups (broad SMARTS) is 1. The van der Waals surface area contributed by atoms with E-state index in [1.54, 1.807) is 30.6 Å². The van der Waals surface area contributed by atoms with Gasteiger partial charge in [0.1, 0.15) is 11.8 Å². The van der Waals surface area contributed by atoms with Crippen molar-refractivity contribution in [3.63, 3.8) is 0 Å². The molecule has 3 N–H and O–H groups in total. The standard InChI is InChI=1S/C21H26ClN6O6P/c1-12(20(29)30)27(2)35(31,34-16-7-5-4-6-15(16)22)33-10-13-8-14(9-13)28-11-24-17-18(28)25-21(23)26-19(17)32-3/h4-7,11-14H,8-10H2,1-3H3,(H,29,30)(H2,23,25,26). The Bertz CT molecular complexity index is 1280. The highest BCUT2D eigenvalue weighted by molar-refractivity contribution is 7.51. The molecule has 12 nitrogen and oxygen atoms in total. The molecule has 0 radical (unpaired) electrons. The molecule has 2 atom stereocenters. The molecule has 0 spiro atoms. The second-order valence-corrected chi connectivity index (χ2v) is 10.7. The molecule has 0 aliphatic heterocycles. The van der Waals surface area contributed by atoms with Gasteiger partial charge in [-0.3, -0.25) is 9.32 Å². The van der Waals surface area contributed by atoms with Crippen LogP contribution in [0.5, 0.6) is 11.6 Å². The zero-order chi connectivity index (χ0) is 25.3. The maximum atomic E-state index is 13.7. The second kappa shape index (κ2) is 9.98. The molecule has 1 aliphatic rings. The normalized spacial score (nSPS) is 20.3. The van der Waals surface area contributed by atoms with E-state index in [4.69, 9.17) is 31.1 Å². The number of hydrogen-bond acceptors (Lipinski definition) is 9. The fourth-order valence-electron chi connectivity index (χ4n) is 3.78. The first-order valence-corrected chi connectivity index (χ1v) is 12.7. The third kappa shape index (κ3) is 5.06. The van der Waals surface area contributed by atoms with E-state index in [0.717, 1.165) is 4.67 Å². The average molecular weight is 525 g/mol. The lowest BCUT2D eigenvalue weighted by Crippen LogP contribution is -2.36. The number of imidazole rings is 1. The van der Waals surface area contributed by atoms with Gasteiger partial charge in [0.15, 0.2) is 11.2 Å². The number of aromatic nitrogens is 4. The van der Waals surface area contributed by atoms with Crippen LogP contribution in [-0.4, -0.2) is 62.1 Å². The zero-order valence-electron chi connectivity index (χ0n) is 19.4. The average Bonchev–Trinajstić information content (AvgIpc) is 3.21. The van der Waals surface area contributed by atoms with E-state index < -0.39 is 19.8 Å². The molecule has 0 saturated heterocycles. The lowest BCUT2D eigenvalue weighted by atomic mass is 9.81. The Morgan fingerprint density at radius 3 is 2.74 bits per heavy atom. The molecular formula is C21H26ClN6O6P. The number of aliphatic carboxylic acids is 1. The number of nitrogen functional groups attached to an aromatic ring is 1. The van der Waals surface area contributed by atoms with E-state index in [0.29, 0.717) is 29.9 Å². The number of carboxylic acids is 1. The molecule has 35 heavy (non-hydrogen) atoms. The highest BCUT2D eigenvalue weighted by Crippen LogP contribution is 2.54. The molecule has 0 amide bonds. The number of nitrogens with zero attached hydrogens (tertiary/aromatic N) is 5. The number of hydrogen-bond donors (Lipinski definition) is 2. The summed E-state index contributed by atoms with van der Waals surface area (Å²) in [6.45, 7) is 1.50. The Morgan fingerprint density at radius 1 is 1.37 bits per heavy atom. The summed E-state index contributed by atoms with van der Waals surface area (Å²) in [5, 5.41) is 9.65. The molecule has 2 unspecified atom stereocenters. The number of anilines is 1. The Kier molecular flexibility index (Phi) is 7.18. The number of fused-ring (bicyclic) bond motifs is 1. The number of nitrogens with two attached hydrogens (primary N) is 1. The molecule has 1 fully saturated rings. The summed E-state index contributed by atoms with van der Waals surface area (Å²) in [5.74, 6) is -0.575. The van der Waals surface area contributed by atoms with Crippen LogP contribution in [0.1, 0.15) is 25.8 Å². The Balaban J connectivity index is 1.46. The largest absolute Gasteiger partial charge is 0.480 e. The number of carbonyl (C=O) groups is 1. The van der Waals surface area contributed by atoms with E-state index in [1.807, 2.05) is 4.57 Å². The van der Waals surface area contributed by atoms with Gasteiger partial charge in [-0.05, 0) is 44.9 Å². The maximum absolute atomic E-state index is 13.7. The summed E-state index contributed by atoms with van der Waals surface area (Å²) in [7, 11) is -1.17. The molecule has 1 aliphatic carbocycles. The fourth-order valence-corrected chi connectivity index (χ4v) is 5.70. The van der Waals surface area contributed by atoms with E-state index >= 15 is 0 Å². The van der Waals surface area contributed by atoms with Crippen LogP contribution in [0.25, 0.3) is 11.2 Å². The van der Waals surface area contributed by atoms with Crippen LogP contribution in [0.15, 0.2) is 30.6 Å². The fraction of sp³-hybridized carbons (Fsp3) is 0.429. The van der Waals surface area contributed by atoms with Crippen LogP contribution in [0.2, 0.25) is 5.02 Å². The first-order valence-electron chi connectivity index (χ1n) is 10.8. The number of rotatable bonds is 10. The van der Waals surface area contributed by atoms with Crippen molar-refractivity contribution in [2.75, 3.05) is 26.5 Å². The molecule has 4 rings (SSSR count). The summed E-state index contributed by atoms with van der Waals surface area (Å²) >= 11 is 6.16. The molecule has 3 aromatic rings. The summed E-state index contributed by atoms with van der Waals surface area (Å²) in [6, 6.07) is 5.46. The van der Waals surface area contributed by atoms with Crippen LogP contribution in [0.3, 0.4) is 0 Å². The molecule has 1 aromatic carbocycles. The van der Waals surface area contributed by atoms with Crippen molar-refractivity contribution in [1.29, 1.82) is 0 Å². The minimum Gasteiger partial charge on any atom is -0.480 e. The summed E-state index contributed by atoms with van der Waals surface area (Å²) in [6.07, 6.45) is 3.06. The van der Waals surface area contributed by atoms with Crippen LogP contribution in [0, 0.1) is 5.92 Å². The lowest BCUT2D eigenvalue weighted by molar-refractivity contribution is -0.140. The highest BCUT2D eigenvalue weighted by atomic mass is 35.5. The predicted octanol–water partition coefficient (Wildman–Crippen LogP) is 3.63. The van der Waals surface area contributed by atoms with Crippen molar-refractivity contribution in [2.45, 2.75) is 31.8 Å². The van der Waals surface area contributed by atoms with Crippen LogP contribution in [-0.2, 0) is 13.9 Å². The minimum atomic E-state index is -4.04. The van der Waals surface area contributed by atoms with Gasteiger partial charge in [-0.2, -0.15) is 14.6 Å². The highest BCUT2D eigenvalue weighted by Gasteiger charge is 2.41. The van der Waals surface area contributed by atoms with Gasteiger partial charge in [-0.1, -0.05) is 23.7 Å². The van der Waals surface area contributed by atoms with Crippen molar-refractivity contribution in [3.05, 3.63) is 35.6 Å². The van der Waals surface area contributed by atoms with Crippen LogP contribution >= 0.6 is 19.3 Å². The molecule has 2 heterocycles. The third-order valence-electron chi connectivity index (χ3n) is 6.03.